The normalized spacial score (nSPS) is 12.5. The lowest BCUT2D eigenvalue weighted by Crippen LogP contribution is -2.29. The Kier molecular flexibility index (Phi) is 4.09. The van der Waals surface area contributed by atoms with E-state index >= 15 is 0 Å². The van der Waals surface area contributed by atoms with Crippen LogP contribution in [0.1, 0.15) is 53.0 Å². The van der Waals surface area contributed by atoms with Crippen molar-refractivity contribution >= 4 is 11.7 Å². The molecule has 1 atom stereocenters. The van der Waals surface area contributed by atoms with Crippen LogP contribution in [0, 0.1) is 20.8 Å². The second-order valence-corrected chi connectivity index (χ2v) is 5.93. The monoisotopic (exact) mass is 326 g/mol. The number of rotatable bonds is 4. The molecule has 126 valence electrons. The molecule has 1 amide bonds. The standard InChI is InChI=1S/C17H22N6O/c1-6-23-13(5)14(11(3)21-23)10(2)19-16(24)15-12(4)20-17-18-8-7-9-22(15)17/h7-10H,6H2,1-5H3,(H,19,24)/t10-/m0/s1. The summed E-state index contributed by atoms with van der Waals surface area (Å²) in [6, 6.07) is 1.65. The average molecular weight is 326 g/mol. The number of hydrogen-bond donors (Lipinski definition) is 1. The predicted molar refractivity (Wildman–Crippen MR) is 91.0 cm³/mol. The van der Waals surface area contributed by atoms with Crippen LogP contribution >= 0.6 is 0 Å². The van der Waals surface area contributed by atoms with Crippen molar-refractivity contribution in [2.75, 3.05) is 0 Å². The van der Waals surface area contributed by atoms with E-state index in [-0.39, 0.29) is 11.9 Å². The molecule has 0 unspecified atom stereocenters. The molecule has 3 aromatic rings. The number of aromatic nitrogens is 5. The number of hydrogen-bond acceptors (Lipinski definition) is 4. The molecule has 0 aromatic carbocycles. The number of nitrogens with zero attached hydrogens (tertiary/aromatic N) is 5. The van der Waals surface area contributed by atoms with Crippen molar-refractivity contribution in [1.82, 2.24) is 29.5 Å². The highest BCUT2D eigenvalue weighted by atomic mass is 16.2. The molecule has 0 fully saturated rings. The number of carbonyl (C=O) groups is 1. The Bertz CT molecular complexity index is 907. The van der Waals surface area contributed by atoms with Crippen LogP contribution in [0.4, 0.5) is 0 Å². The molecule has 0 bridgehead atoms. The van der Waals surface area contributed by atoms with Crippen molar-refractivity contribution in [3.8, 4) is 0 Å². The Morgan fingerprint density at radius 3 is 2.71 bits per heavy atom. The SMILES string of the molecule is CCn1nc(C)c([C@H](C)NC(=O)c2c(C)nc3ncccn23)c1C. The van der Waals surface area contributed by atoms with E-state index in [1.54, 1.807) is 22.9 Å². The van der Waals surface area contributed by atoms with Gasteiger partial charge in [0.15, 0.2) is 0 Å². The quantitative estimate of drug-likeness (QED) is 0.798. The first-order valence-corrected chi connectivity index (χ1v) is 8.08. The lowest BCUT2D eigenvalue weighted by molar-refractivity contribution is 0.0933. The summed E-state index contributed by atoms with van der Waals surface area (Å²) >= 11 is 0. The summed E-state index contributed by atoms with van der Waals surface area (Å²) in [5.74, 6) is 0.363. The maximum atomic E-state index is 12.8. The molecule has 0 radical (unpaired) electrons. The third-order valence-corrected chi connectivity index (χ3v) is 4.31. The molecule has 3 aromatic heterocycles. The van der Waals surface area contributed by atoms with Gasteiger partial charge in [-0.25, -0.2) is 9.97 Å². The van der Waals surface area contributed by atoms with E-state index in [9.17, 15) is 4.79 Å². The number of amides is 1. The Morgan fingerprint density at radius 1 is 1.29 bits per heavy atom. The van der Waals surface area contributed by atoms with Gasteiger partial charge in [0.05, 0.1) is 17.4 Å². The minimum Gasteiger partial charge on any atom is -0.344 e. The zero-order valence-electron chi connectivity index (χ0n) is 14.7. The van der Waals surface area contributed by atoms with Crippen molar-refractivity contribution in [2.24, 2.45) is 0 Å². The van der Waals surface area contributed by atoms with Crippen molar-refractivity contribution in [2.45, 2.75) is 47.2 Å². The number of imidazole rings is 1. The summed E-state index contributed by atoms with van der Waals surface area (Å²) in [6.45, 7) is 10.7. The fourth-order valence-electron chi connectivity index (χ4n) is 3.25. The first-order valence-electron chi connectivity index (χ1n) is 8.08. The second-order valence-electron chi connectivity index (χ2n) is 5.93. The van der Waals surface area contributed by atoms with E-state index in [0.717, 1.165) is 23.5 Å². The highest BCUT2D eigenvalue weighted by Crippen LogP contribution is 2.22. The zero-order valence-corrected chi connectivity index (χ0v) is 14.7. The molecule has 0 aliphatic rings. The van der Waals surface area contributed by atoms with Gasteiger partial charge in [0.25, 0.3) is 5.91 Å². The van der Waals surface area contributed by atoms with E-state index < -0.39 is 0 Å². The summed E-state index contributed by atoms with van der Waals surface area (Å²) in [5, 5.41) is 7.59. The third kappa shape index (κ3) is 2.55. The van der Waals surface area contributed by atoms with Gasteiger partial charge < -0.3 is 5.32 Å². The minimum absolute atomic E-state index is 0.139. The van der Waals surface area contributed by atoms with Crippen LogP contribution in [0.15, 0.2) is 18.5 Å². The second kappa shape index (κ2) is 6.07. The number of nitrogens with one attached hydrogen (secondary N) is 1. The Balaban J connectivity index is 1.92. The van der Waals surface area contributed by atoms with Gasteiger partial charge in [-0.3, -0.25) is 13.9 Å². The number of aryl methyl sites for hydroxylation is 3. The van der Waals surface area contributed by atoms with E-state index in [2.05, 4.69) is 27.3 Å². The highest BCUT2D eigenvalue weighted by Gasteiger charge is 2.22. The largest absolute Gasteiger partial charge is 0.344 e. The average Bonchev–Trinajstić information content (AvgIpc) is 3.02. The van der Waals surface area contributed by atoms with Gasteiger partial charge >= 0.3 is 0 Å². The molecule has 0 aliphatic heterocycles. The molecule has 7 heteroatoms. The minimum atomic E-state index is -0.163. The van der Waals surface area contributed by atoms with Gasteiger partial charge in [0, 0.05) is 30.2 Å². The number of fused-ring (bicyclic) bond motifs is 1. The first kappa shape index (κ1) is 16.2. The van der Waals surface area contributed by atoms with Crippen molar-refractivity contribution in [3.05, 3.63) is 46.8 Å². The first-order chi connectivity index (χ1) is 11.4. The molecule has 3 rings (SSSR count). The molecule has 3 heterocycles. The molecular weight excluding hydrogens is 304 g/mol. The fourth-order valence-corrected chi connectivity index (χ4v) is 3.25. The summed E-state index contributed by atoms with van der Waals surface area (Å²) in [5.41, 5.74) is 4.27. The maximum Gasteiger partial charge on any atom is 0.270 e. The molecule has 7 nitrogen and oxygen atoms in total. The summed E-state index contributed by atoms with van der Waals surface area (Å²) in [6.07, 6.45) is 3.46. The van der Waals surface area contributed by atoms with Gasteiger partial charge in [0.2, 0.25) is 5.78 Å². The summed E-state index contributed by atoms with van der Waals surface area (Å²) in [7, 11) is 0. The van der Waals surface area contributed by atoms with Gasteiger partial charge in [-0.05, 0) is 40.7 Å². The van der Waals surface area contributed by atoms with Crippen LogP contribution in [0.5, 0.6) is 0 Å². The van der Waals surface area contributed by atoms with Crippen LogP contribution in [-0.2, 0) is 6.54 Å². The van der Waals surface area contributed by atoms with Gasteiger partial charge in [0.1, 0.15) is 5.69 Å². The van der Waals surface area contributed by atoms with E-state index in [1.165, 1.54) is 0 Å². The fraction of sp³-hybridized carbons (Fsp3) is 0.412. The zero-order chi connectivity index (χ0) is 17.4. The van der Waals surface area contributed by atoms with Crippen molar-refractivity contribution < 1.29 is 4.79 Å². The molecule has 0 aliphatic carbocycles. The van der Waals surface area contributed by atoms with E-state index in [1.807, 2.05) is 32.4 Å². The molecule has 0 saturated heterocycles. The lowest BCUT2D eigenvalue weighted by atomic mass is 10.1. The van der Waals surface area contributed by atoms with Gasteiger partial charge in [-0.2, -0.15) is 5.10 Å². The van der Waals surface area contributed by atoms with Gasteiger partial charge in [-0.1, -0.05) is 0 Å². The third-order valence-electron chi connectivity index (χ3n) is 4.31. The predicted octanol–water partition coefficient (Wildman–Crippen LogP) is 2.36. The molecule has 24 heavy (non-hydrogen) atoms. The molecule has 0 saturated carbocycles. The molecule has 1 N–H and O–H groups in total. The van der Waals surface area contributed by atoms with Crippen LogP contribution in [0.3, 0.4) is 0 Å². The molecular formula is C17H22N6O. The Morgan fingerprint density at radius 2 is 2.04 bits per heavy atom. The van der Waals surface area contributed by atoms with Gasteiger partial charge in [-0.15, -0.1) is 0 Å². The maximum absolute atomic E-state index is 12.8. The topological polar surface area (TPSA) is 77.1 Å². The van der Waals surface area contributed by atoms with Crippen LogP contribution in [-0.4, -0.2) is 30.1 Å². The highest BCUT2D eigenvalue weighted by molar-refractivity contribution is 5.94. The van der Waals surface area contributed by atoms with Crippen LogP contribution in [0.2, 0.25) is 0 Å². The van der Waals surface area contributed by atoms with Crippen molar-refractivity contribution in [3.63, 3.8) is 0 Å². The summed E-state index contributed by atoms with van der Waals surface area (Å²) < 4.78 is 3.67. The van der Waals surface area contributed by atoms with Crippen LogP contribution in [0.25, 0.3) is 5.78 Å². The lowest BCUT2D eigenvalue weighted by Gasteiger charge is -2.15. The van der Waals surface area contributed by atoms with Crippen LogP contribution < -0.4 is 5.32 Å². The summed E-state index contributed by atoms with van der Waals surface area (Å²) in [4.78, 5) is 21.3. The smallest absolute Gasteiger partial charge is 0.270 e. The molecule has 0 spiro atoms. The Labute approximate surface area is 140 Å². The van der Waals surface area contributed by atoms with Crippen molar-refractivity contribution in [1.29, 1.82) is 0 Å². The van der Waals surface area contributed by atoms with E-state index in [0.29, 0.717) is 17.2 Å². The van der Waals surface area contributed by atoms with E-state index in [4.69, 9.17) is 0 Å². The number of carbonyl (C=O) groups excluding carboxylic acids is 1. The Hall–Kier alpha value is -2.70.